The van der Waals surface area contributed by atoms with Gasteiger partial charge in [-0.1, -0.05) is 11.6 Å². The number of fused-ring (bicyclic) bond motifs is 1. The van der Waals surface area contributed by atoms with Gasteiger partial charge in [0.05, 0.1) is 24.0 Å². The number of halogens is 1. The van der Waals surface area contributed by atoms with E-state index in [4.69, 9.17) is 11.6 Å². The van der Waals surface area contributed by atoms with Crippen molar-refractivity contribution in [1.82, 2.24) is 20.7 Å². The van der Waals surface area contributed by atoms with Crippen LogP contribution in [0.3, 0.4) is 0 Å². The van der Waals surface area contributed by atoms with E-state index in [9.17, 15) is 15.2 Å². The highest BCUT2D eigenvalue weighted by Crippen LogP contribution is 2.38. The Morgan fingerprint density at radius 3 is 2.65 bits per heavy atom. The number of likely N-dealkylation sites (tertiary alicyclic amines) is 1. The number of hydrazine groups is 1. The lowest BCUT2D eigenvalue weighted by atomic mass is 9.79. The number of β-amino-alcohol motifs (C(OH)–C–C–N with tert-alkyl or cyclic N) is 1. The fourth-order valence-corrected chi connectivity index (χ4v) is 5.87. The lowest BCUT2D eigenvalue weighted by Crippen LogP contribution is -2.60. The van der Waals surface area contributed by atoms with Crippen molar-refractivity contribution in [3.63, 3.8) is 0 Å². The molecular formula is C22H29ClN6O2. The number of carbonyl (C=O) groups excluding carboxylic acids is 1. The van der Waals surface area contributed by atoms with E-state index in [1.54, 1.807) is 0 Å². The first-order valence-electron chi connectivity index (χ1n) is 11.2. The summed E-state index contributed by atoms with van der Waals surface area (Å²) in [5, 5.41) is 28.9. The molecule has 1 aromatic carbocycles. The molecule has 9 heteroatoms. The Morgan fingerprint density at radius 2 is 1.94 bits per heavy atom. The number of carbonyl (C=O) groups is 1. The molecule has 4 aliphatic rings. The number of amides is 1. The van der Waals surface area contributed by atoms with Crippen LogP contribution < -0.4 is 16.1 Å². The molecular weight excluding hydrogens is 416 g/mol. The number of rotatable bonds is 4. The van der Waals surface area contributed by atoms with E-state index < -0.39 is 0 Å². The maximum Gasteiger partial charge on any atom is 0.228 e. The Morgan fingerprint density at radius 1 is 1.16 bits per heavy atom. The molecule has 1 amide bonds. The molecule has 0 radical (unpaired) electrons. The molecule has 0 aromatic heterocycles. The second kappa shape index (κ2) is 8.57. The molecule has 1 aliphatic carbocycles. The van der Waals surface area contributed by atoms with Crippen molar-refractivity contribution in [2.24, 2.45) is 11.8 Å². The van der Waals surface area contributed by atoms with Gasteiger partial charge >= 0.3 is 0 Å². The van der Waals surface area contributed by atoms with Gasteiger partial charge < -0.3 is 15.7 Å². The molecule has 4 N–H and O–H groups in total. The number of nitrogens with one attached hydrogen (secondary N) is 3. The van der Waals surface area contributed by atoms with Crippen molar-refractivity contribution in [3.05, 3.63) is 29.3 Å². The first-order chi connectivity index (χ1) is 15.0. The fraction of sp³-hybridized carbons (Fsp3) is 0.636. The Balaban J connectivity index is 1.33. The van der Waals surface area contributed by atoms with Gasteiger partial charge in [-0.2, -0.15) is 5.26 Å². The number of aliphatic hydroxyl groups is 1. The molecule has 3 unspecified atom stereocenters. The summed E-state index contributed by atoms with van der Waals surface area (Å²) in [7, 11) is 0. The molecule has 1 aromatic rings. The van der Waals surface area contributed by atoms with E-state index in [1.165, 1.54) is 0 Å². The molecule has 3 saturated heterocycles. The average Bonchev–Trinajstić information content (AvgIpc) is 3.12. The summed E-state index contributed by atoms with van der Waals surface area (Å²) in [6, 6.07) is 10.5. The predicted molar refractivity (Wildman–Crippen MR) is 117 cm³/mol. The zero-order valence-electron chi connectivity index (χ0n) is 17.4. The monoisotopic (exact) mass is 444 g/mol. The minimum Gasteiger partial charge on any atom is -0.390 e. The topological polar surface area (TPSA) is 104 Å². The maximum absolute atomic E-state index is 12.8. The number of benzene rings is 1. The zero-order valence-corrected chi connectivity index (χ0v) is 18.1. The average molecular weight is 445 g/mol. The lowest BCUT2D eigenvalue weighted by molar-refractivity contribution is -0.128. The molecule has 0 bridgehead atoms. The van der Waals surface area contributed by atoms with Crippen LogP contribution in [0.4, 0.5) is 5.69 Å². The van der Waals surface area contributed by atoms with Gasteiger partial charge in [-0.25, -0.2) is 10.4 Å². The van der Waals surface area contributed by atoms with Crippen LogP contribution in [0.1, 0.15) is 25.7 Å². The summed E-state index contributed by atoms with van der Waals surface area (Å²) in [5.41, 5.74) is 4.46. The number of hydrogen-bond acceptors (Lipinski definition) is 7. The van der Waals surface area contributed by atoms with Crippen molar-refractivity contribution in [1.29, 1.82) is 5.26 Å². The van der Waals surface area contributed by atoms with E-state index in [2.05, 4.69) is 32.0 Å². The van der Waals surface area contributed by atoms with Crippen molar-refractivity contribution < 1.29 is 9.90 Å². The Labute approximate surface area is 187 Å². The normalized spacial score (nSPS) is 36.9. The van der Waals surface area contributed by atoms with Crippen LogP contribution in [-0.4, -0.2) is 71.0 Å². The summed E-state index contributed by atoms with van der Waals surface area (Å²) >= 11 is 6.01. The second-order valence-corrected chi connectivity index (χ2v) is 9.65. The van der Waals surface area contributed by atoms with Gasteiger partial charge in [-0.3, -0.25) is 9.69 Å². The number of piperidine rings is 1. The molecule has 4 fully saturated rings. The number of nitrogens with zero attached hydrogens (tertiary/aromatic N) is 3. The van der Waals surface area contributed by atoms with Crippen molar-refractivity contribution >= 4 is 23.2 Å². The molecule has 8 nitrogen and oxygen atoms in total. The van der Waals surface area contributed by atoms with Crippen molar-refractivity contribution in [2.75, 3.05) is 25.0 Å². The van der Waals surface area contributed by atoms with E-state index in [0.717, 1.165) is 31.4 Å². The SMILES string of the molecule is N#C[C@H]1C[C@@H](N2CC(O)C2)CC[C@@H]1N1NC(Nc2ccc(Cl)cc2)C2C(=O)NCCC21. The van der Waals surface area contributed by atoms with E-state index in [0.29, 0.717) is 30.7 Å². The van der Waals surface area contributed by atoms with Gasteiger partial charge in [0.1, 0.15) is 6.17 Å². The first kappa shape index (κ1) is 21.0. The van der Waals surface area contributed by atoms with E-state index >= 15 is 0 Å². The van der Waals surface area contributed by atoms with Crippen LogP contribution >= 0.6 is 11.6 Å². The summed E-state index contributed by atoms with van der Waals surface area (Å²) in [6.07, 6.45) is 3.12. The maximum atomic E-state index is 12.8. The number of nitriles is 1. The number of anilines is 1. The van der Waals surface area contributed by atoms with Gasteiger partial charge in [-0.15, -0.1) is 0 Å². The molecule has 6 atom stereocenters. The highest BCUT2D eigenvalue weighted by Gasteiger charge is 2.52. The predicted octanol–water partition coefficient (Wildman–Crippen LogP) is 1.14. The molecule has 3 aliphatic heterocycles. The second-order valence-electron chi connectivity index (χ2n) is 9.22. The van der Waals surface area contributed by atoms with Gasteiger partial charge in [0, 0.05) is 48.5 Å². The Kier molecular flexibility index (Phi) is 5.80. The van der Waals surface area contributed by atoms with Crippen LogP contribution in [0, 0.1) is 23.2 Å². The van der Waals surface area contributed by atoms with Gasteiger partial charge in [0.2, 0.25) is 5.91 Å². The van der Waals surface area contributed by atoms with Crippen LogP contribution in [0.2, 0.25) is 5.02 Å². The smallest absolute Gasteiger partial charge is 0.228 e. The molecule has 5 rings (SSSR count). The van der Waals surface area contributed by atoms with Gasteiger partial charge in [-0.05, 0) is 49.9 Å². The van der Waals surface area contributed by atoms with Gasteiger partial charge in [0.25, 0.3) is 0 Å². The van der Waals surface area contributed by atoms with E-state index in [-0.39, 0.29) is 42.1 Å². The number of aliphatic hydroxyl groups excluding tert-OH is 1. The largest absolute Gasteiger partial charge is 0.390 e. The third-order valence-corrected chi connectivity index (χ3v) is 7.60. The molecule has 3 heterocycles. The summed E-state index contributed by atoms with van der Waals surface area (Å²) in [5.74, 6) is -0.287. The zero-order chi connectivity index (χ0) is 21.5. The van der Waals surface area contributed by atoms with Crippen LogP contribution in [-0.2, 0) is 4.79 Å². The Hall–Kier alpha value is -1.89. The fourth-order valence-electron chi connectivity index (χ4n) is 5.75. The van der Waals surface area contributed by atoms with E-state index in [1.807, 2.05) is 24.3 Å². The lowest BCUT2D eigenvalue weighted by Gasteiger charge is -2.48. The molecule has 0 spiro atoms. The van der Waals surface area contributed by atoms with Crippen LogP contribution in [0.25, 0.3) is 0 Å². The third-order valence-electron chi connectivity index (χ3n) is 7.34. The highest BCUT2D eigenvalue weighted by atomic mass is 35.5. The summed E-state index contributed by atoms with van der Waals surface area (Å²) in [6.45, 7) is 2.09. The Bertz CT molecular complexity index is 855. The van der Waals surface area contributed by atoms with Crippen LogP contribution in [0.5, 0.6) is 0 Å². The van der Waals surface area contributed by atoms with Crippen molar-refractivity contribution in [2.45, 2.75) is 56.1 Å². The van der Waals surface area contributed by atoms with Crippen LogP contribution in [0.15, 0.2) is 24.3 Å². The highest BCUT2D eigenvalue weighted by molar-refractivity contribution is 6.30. The first-order valence-corrected chi connectivity index (χ1v) is 11.6. The quantitative estimate of drug-likeness (QED) is 0.552. The number of hydrogen-bond donors (Lipinski definition) is 4. The molecule has 1 saturated carbocycles. The van der Waals surface area contributed by atoms with Gasteiger partial charge in [0.15, 0.2) is 0 Å². The molecule has 31 heavy (non-hydrogen) atoms. The minimum absolute atomic E-state index is 0.0504. The standard InChI is InChI=1S/C22H29ClN6O2/c23-14-1-3-15(4-2-14)26-21-20-19(7-8-25-22(20)31)29(27-21)18-6-5-16(9-13(18)10-24)28-11-17(30)12-28/h1-4,13,16-21,26-27,30H,5-9,11-12H2,(H,25,31)/t13-,16+,18+,19?,20?,21?/m1/s1. The summed E-state index contributed by atoms with van der Waals surface area (Å²) in [4.78, 5) is 15.1. The summed E-state index contributed by atoms with van der Waals surface area (Å²) < 4.78 is 0. The minimum atomic E-state index is -0.242. The van der Waals surface area contributed by atoms with Crippen molar-refractivity contribution in [3.8, 4) is 6.07 Å². The third kappa shape index (κ3) is 4.01. The molecule has 166 valence electrons.